The zero-order valence-electron chi connectivity index (χ0n) is 55.4. The molecule has 0 saturated carbocycles. The maximum absolute atomic E-state index is 12.4. The largest absolute Gasteiger partial charge is 0.398 e. The smallest absolute Gasteiger partial charge is 0.397 e. The number of nitrogen functional groups attached to an aromatic ring is 5. The minimum absolute atomic E-state index is 0.00182. The highest BCUT2D eigenvalue weighted by Gasteiger charge is 2.26. The second kappa shape index (κ2) is 36.7. The highest BCUT2D eigenvalue weighted by Crippen LogP contribution is 2.44. The number of carbonyl (C=O) groups excluding carboxylic acids is 1. The fourth-order valence-corrected chi connectivity index (χ4v) is 15.8. The second-order valence-electron chi connectivity index (χ2n) is 21.1. The van der Waals surface area contributed by atoms with Gasteiger partial charge in [0.25, 0.3) is 30.4 Å². The van der Waals surface area contributed by atoms with E-state index in [-0.39, 0.29) is 87.8 Å². The molecule has 7 aromatic rings. The Hall–Kier alpha value is -9.58. The number of hydrogen-bond acceptors (Lipinski definition) is 40. The summed E-state index contributed by atoms with van der Waals surface area (Å²) in [5.41, 5.74) is 26.3. The number of nitrogens with one attached hydrogen (secondary N) is 1. The molecule has 59 heteroatoms. The molecular weight excluding hydrogens is 1720 g/mol. The van der Waals surface area contributed by atoms with Crippen molar-refractivity contribution in [3.63, 3.8) is 0 Å². The Morgan fingerprint density at radius 1 is 0.324 bits per heavy atom. The van der Waals surface area contributed by atoms with Gasteiger partial charge < -0.3 is 34.0 Å². The molecule has 606 valence electrons. The molecule has 0 spiro atoms. The van der Waals surface area contributed by atoms with E-state index < -0.39 is 193 Å². The number of azo groups is 4. The van der Waals surface area contributed by atoms with Crippen LogP contribution in [-0.2, 0) is 133 Å². The summed E-state index contributed by atoms with van der Waals surface area (Å²) in [6.07, 6.45) is 0. The van der Waals surface area contributed by atoms with Gasteiger partial charge in [-0.25, -0.2) is 50.4 Å². The summed E-state index contributed by atoms with van der Waals surface area (Å²) in [6.45, 7) is -2.07. The van der Waals surface area contributed by atoms with Crippen molar-refractivity contribution < 1.29 is 146 Å². The minimum Gasteiger partial charge on any atom is -0.398 e. The van der Waals surface area contributed by atoms with Gasteiger partial charge in [0.1, 0.15) is 37.4 Å². The van der Waals surface area contributed by atoms with E-state index >= 15 is 0 Å². The molecule has 0 aliphatic rings. The number of benzene rings is 7. The summed E-state index contributed by atoms with van der Waals surface area (Å²) in [4.78, 5) is 8.37. The van der Waals surface area contributed by atoms with Gasteiger partial charge >= 0.3 is 41.6 Å². The van der Waals surface area contributed by atoms with Crippen molar-refractivity contribution in [2.24, 2.45) is 40.9 Å². The number of sulfone groups is 4. The van der Waals surface area contributed by atoms with Crippen LogP contribution in [0.1, 0.15) is 6.92 Å². The number of nitrogens with two attached hydrogens (primary N) is 5. The van der Waals surface area contributed by atoms with Crippen molar-refractivity contribution in [2.45, 2.75) is 41.2 Å². The first-order chi connectivity index (χ1) is 50.8. The first-order valence-electron chi connectivity index (χ1n) is 28.8. The van der Waals surface area contributed by atoms with Crippen molar-refractivity contribution in [3.05, 3.63) is 127 Å². The predicted molar refractivity (Wildman–Crippen MR) is 386 cm³/mol. The lowest BCUT2D eigenvalue weighted by molar-refractivity contribution is -0.114. The molecule has 0 unspecified atom stereocenters. The molecule has 18 N–H and O–H groups in total. The quantitative estimate of drug-likeness (QED) is 0.0154. The molecule has 0 bridgehead atoms. The molecular formula is C52H58N14O34S11. The molecule has 0 aliphatic carbocycles. The van der Waals surface area contributed by atoms with E-state index in [0.29, 0.717) is 0 Å². The van der Waals surface area contributed by atoms with E-state index in [1.54, 1.807) is 0 Å². The molecule has 0 heterocycles. The van der Waals surface area contributed by atoms with Crippen LogP contribution in [0, 0.1) is 0 Å². The van der Waals surface area contributed by atoms with E-state index in [9.17, 15) is 106 Å². The lowest BCUT2D eigenvalue weighted by Gasteiger charge is -2.10. The fraction of sp³-hybridized carbons (Fsp3) is 0.173. The van der Waals surface area contributed by atoms with Crippen LogP contribution in [0.5, 0.6) is 0 Å². The van der Waals surface area contributed by atoms with Crippen molar-refractivity contribution in [1.29, 1.82) is 0 Å². The molecule has 0 aromatic heterocycles. The number of hydrogen-bond donors (Lipinski definition) is 13. The fourth-order valence-electron chi connectivity index (χ4n) is 7.95. The van der Waals surface area contributed by atoms with Gasteiger partial charge in [0, 0.05) is 6.92 Å². The van der Waals surface area contributed by atoms with E-state index in [0.717, 1.165) is 66.7 Å². The normalized spacial score (nSPS) is 13.1. The highest BCUT2D eigenvalue weighted by molar-refractivity contribution is 7.92. The molecule has 48 nitrogen and oxygen atoms in total. The van der Waals surface area contributed by atoms with Gasteiger partial charge in [0.2, 0.25) is 5.91 Å². The van der Waals surface area contributed by atoms with E-state index in [4.69, 9.17) is 51.4 Å². The van der Waals surface area contributed by atoms with E-state index in [1.165, 1.54) is 67.6 Å². The van der Waals surface area contributed by atoms with Crippen LogP contribution in [0.15, 0.2) is 203 Å². The Balaban J connectivity index is 0.000000309. The van der Waals surface area contributed by atoms with E-state index in [1.807, 2.05) is 0 Å². The van der Waals surface area contributed by atoms with Crippen LogP contribution in [0.4, 0.5) is 79.6 Å². The topological polar surface area (TPSA) is 812 Å². The number of rotatable bonds is 32. The molecule has 0 saturated heterocycles. The third kappa shape index (κ3) is 29.9. The van der Waals surface area contributed by atoms with Gasteiger partial charge in [0.05, 0.1) is 126 Å². The Labute approximate surface area is 631 Å². The third-order valence-electron chi connectivity index (χ3n) is 13.0. The van der Waals surface area contributed by atoms with Gasteiger partial charge in [-0.3, -0.25) is 36.7 Å². The van der Waals surface area contributed by atoms with Gasteiger partial charge in [0.15, 0.2) is 39.3 Å². The minimum atomic E-state index is -4.98. The molecule has 7 rings (SSSR count). The Bertz CT molecular complexity index is 6150. The first kappa shape index (κ1) is 92.0. The highest BCUT2D eigenvalue weighted by atomic mass is 32.3. The summed E-state index contributed by atoms with van der Waals surface area (Å²) in [5.74, 6) is -3.52. The van der Waals surface area contributed by atoms with E-state index in [2.05, 4.69) is 63.0 Å². The first-order valence-corrected chi connectivity index (χ1v) is 45.1. The molecule has 0 atom stereocenters. The number of carbonyl (C=O) groups is 1. The average Bonchev–Trinajstić information content (AvgIpc) is 0.788. The van der Waals surface area contributed by atoms with Crippen molar-refractivity contribution in [2.75, 3.05) is 83.4 Å². The lowest BCUT2D eigenvalue weighted by Crippen LogP contribution is -2.15. The van der Waals surface area contributed by atoms with Gasteiger partial charge in [-0.05, 0) is 127 Å². The average molecular weight is 1780 g/mol. The standard InChI is InChI=1S/C22H24N6O15S5.C16H18N4O10S3.C14H16N4O9S3/c23-20-18(27-25-14-1-5-16(6-2-14)44(29,30)11-9-42-47(36,37)38)13-19(46(33,34)35)21(24)22(20)28-26-15-3-7-17(8-4-15)45(31,32)12-10-43-48(39,40)41;1-10(21)18-14-8-13(17)16(32(24,25)26)9-15(14)20-19-11-2-4-12(5-3-11)31(22,23)7-6-30-33(27,28)29;15-11-7-12(16)14(29(21,22)23)8-13(11)18-17-9-1-3-10(4-2-9)28(19,20)6-5-27-30(24,25)26/h1-8,13H,9-12,23-24H2,(H,33,34,35)(H,36,37,38)(H,39,40,41);2-5,8-9H,6-7,17H2,1H3,(H,18,21)(H,24,25,26)(H,27,28,29);1-4,7-8H,5-6,15-16H2,(H,21,22,23)(H,24,25,26). The zero-order chi connectivity index (χ0) is 83.9. The number of amides is 1. The Kier molecular flexibility index (Phi) is 30.4. The Morgan fingerprint density at radius 3 is 0.874 bits per heavy atom. The summed E-state index contributed by atoms with van der Waals surface area (Å²) >= 11 is 0. The van der Waals surface area contributed by atoms with Crippen LogP contribution in [0.3, 0.4) is 0 Å². The van der Waals surface area contributed by atoms with Crippen molar-refractivity contribution in [1.82, 2.24) is 0 Å². The van der Waals surface area contributed by atoms with Gasteiger partial charge in [-0.15, -0.1) is 20.5 Å². The lowest BCUT2D eigenvalue weighted by atomic mass is 10.2. The summed E-state index contributed by atoms with van der Waals surface area (Å²) in [5, 5.41) is 32.9. The molecule has 7 aromatic carbocycles. The van der Waals surface area contributed by atoms with Crippen LogP contribution < -0.4 is 34.0 Å². The van der Waals surface area contributed by atoms with Crippen LogP contribution in [0.2, 0.25) is 0 Å². The summed E-state index contributed by atoms with van der Waals surface area (Å²) in [7, 11) is -49.4. The molecule has 1 amide bonds. The third-order valence-corrected chi connectivity index (χ3v) is 24.3. The van der Waals surface area contributed by atoms with Gasteiger partial charge in [-0.2, -0.15) is 79.4 Å². The maximum Gasteiger partial charge on any atom is 0.397 e. The van der Waals surface area contributed by atoms with Crippen LogP contribution in [-0.4, -0.2) is 180 Å². The summed E-state index contributed by atoms with van der Waals surface area (Å²) < 4.78 is 330. The van der Waals surface area contributed by atoms with Crippen molar-refractivity contribution in [3.8, 4) is 0 Å². The van der Waals surface area contributed by atoms with Crippen molar-refractivity contribution >= 4 is 197 Å². The maximum atomic E-state index is 12.4. The molecule has 0 fully saturated rings. The zero-order valence-corrected chi connectivity index (χ0v) is 64.4. The monoisotopic (exact) mass is 1770 g/mol. The Morgan fingerprint density at radius 2 is 0.586 bits per heavy atom. The number of nitrogens with zero attached hydrogens (tertiary/aromatic N) is 8. The predicted octanol–water partition coefficient (Wildman–Crippen LogP) is 4.70. The summed E-state index contributed by atoms with van der Waals surface area (Å²) in [6, 6.07) is 23.5. The molecule has 0 radical (unpaired) electrons. The molecule has 111 heavy (non-hydrogen) atoms. The SMILES string of the molecule is CC(=O)Nc1cc(N)c(S(=O)(=O)O)cc1N=Nc1ccc(S(=O)(=O)CCOS(=O)(=O)O)cc1.Nc1c(N=Nc2ccc(S(=O)(=O)CCOS(=O)(=O)O)cc2)cc(S(=O)(=O)O)c(N)c1N=Nc1ccc(S(=O)(=O)CCOS(=O)(=O)O)cc1.Nc1cc(N)c(S(=O)(=O)O)cc1N=Nc1ccc(S(=O)(=O)CCOS(=O)(=O)O)cc1. The number of anilines is 6. The van der Waals surface area contributed by atoms with Crippen LogP contribution in [0.25, 0.3) is 0 Å². The van der Waals surface area contributed by atoms with Gasteiger partial charge in [-0.1, -0.05) is 0 Å². The second-order valence-corrected chi connectivity index (χ2v) is 38.1. The van der Waals surface area contributed by atoms with Crippen LogP contribution >= 0.6 is 0 Å². The molecule has 0 aliphatic heterocycles.